The van der Waals surface area contributed by atoms with Crippen LogP contribution in [0.5, 0.6) is 0 Å². The monoisotopic (exact) mass is 437 g/mol. The third-order valence-corrected chi connectivity index (χ3v) is 5.08. The van der Waals surface area contributed by atoms with Gasteiger partial charge in [0, 0.05) is 30.7 Å². The van der Waals surface area contributed by atoms with Crippen LogP contribution in [-0.4, -0.2) is 44.6 Å². The third-order valence-electron chi connectivity index (χ3n) is 4.19. The van der Waals surface area contributed by atoms with E-state index in [0.29, 0.717) is 5.01 Å². The molecule has 0 saturated heterocycles. The first-order valence-corrected chi connectivity index (χ1v) is 9.77. The number of aryl methyl sites for hydroxylation is 1. The summed E-state index contributed by atoms with van der Waals surface area (Å²) in [6.45, 7) is 1.46. The summed E-state index contributed by atoms with van der Waals surface area (Å²) >= 11 is 1.26. The summed E-state index contributed by atoms with van der Waals surface area (Å²) < 4.78 is 40.9. The SMILES string of the molecule is CCN(CC(=O)Nc1ccccc1C(F)(F)F)C(=O)c1csc(-c2cnn(C)c2)n1. The number of nitrogens with one attached hydrogen (secondary N) is 1. The van der Waals surface area contributed by atoms with Crippen LogP contribution in [0.4, 0.5) is 18.9 Å². The fourth-order valence-corrected chi connectivity index (χ4v) is 3.50. The number of carbonyl (C=O) groups is 2. The lowest BCUT2D eigenvalue weighted by atomic mass is 10.1. The second-order valence-corrected chi connectivity index (χ2v) is 7.21. The van der Waals surface area contributed by atoms with Crippen molar-refractivity contribution >= 4 is 28.8 Å². The van der Waals surface area contributed by atoms with Crippen LogP contribution in [0.25, 0.3) is 10.6 Å². The first-order valence-electron chi connectivity index (χ1n) is 8.89. The number of carbonyl (C=O) groups excluding carboxylic acids is 2. The molecule has 0 bridgehead atoms. The number of hydrogen-bond donors (Lipinski definition) is 1. The van der Waals surface area contributed by atoms with Crippen LogP contribution in [-0.2, 0) is 18.0 Å². The second-order valence-electron chi connectivity index (χ2n) is 6.35. The van der Waals surface area contributed by atoms with Crippen LogP contribution in [0.2, 0.25) is 0 Å². The number of amides is 2. The molecule has 0 aliphatic heterocycles. The van der Waals surface area contributed by atoms with Gasteiger partial charge in [0.1, 0.15) is 17.2 Å². The average Bonchev–Trinajstić information content (AvgIpc) is 3.34. The topological polar surface area (TPSA) is 80.1 Å². The van der Waals surface area contributed by atoms with E-state index >= 15 is 0 Å². The Hall–Kier alpha value is -3.21. The molecule has 0 aliphatic carbocycles. The summed E-state index contributed by atoms with van der Waals surface area (Å²) in [4.78, 5) is 30.6. The normalized spacial score (nSPS) is 11.4. The number of nitrogens with zero attached hydrogens (tertiary/aromatic N) is 4. The summed E-state index contributed by atoms with van der Waals surface area (Å²) in [5, 5.41) is 8.47. The third kappa shape index (κ3) is 4.85. The summed E-state index contributed by atoms with van der Waals surface area (Å²) in [5.74, 6) is -1.22. The Balaban J connectivity index is 1.70. The van der Waals surface area contributed by atoms with Gasteiger partial charge in [-0.05, 0) is 19.1 Å². The van der Waals surface area contributed by atoms with Crippen LogP contribution in [0, 0.1) is 0 Å². The van der Waals surface area contributed by atoms with E-state index in [2.05, 4.69) is 15.4 Å². The van der Waals surface area contributed by atoms with E-state index in [0.717, 1.165) is 11.6 Å². The van der Waals surface area contributed by atoms with Crippen molar-refractivity contribution in [2.45, 2.75) is 13.1 Å². The molecule has 3 rings (SSSR count). The van der Waals surface area contributed by atoms with Gasteiger partial charge in [0.2, 0.25) is 5.91 Å². The number of alkyl halides is 3. The quantitative estimate of drug-likeness (QED) is 0.638. The zero-order valence-electron chi connectivity index (χ0n) is 16.1. The van der Waals surface area contributed by atoms with Crippen molar-refractivity contribution in [1.82, 2.24) is 19.7 Å². The maximum Gasteiger partial charge on any atom is 0.418 e. The Kier molecular flexibility index (Phi) is 6.20. The number of rotatable bonds is 6. The molecule has 0 spiro atoms. The van der Waals surface area contributed by atoms with E-state index in [1.807, 2.05) is 0 Å². The predicted molar refractivity (Wildman–Crippen MR) is 106 cm³/mol. The fourth-order valence-electron chi connectivity index (χ4n) is 2.73. The molecule has 2 amide bonds. The van der Waals surface area contributed by atoms with E-state index < -0.39 is 30.1 Å². The van der Waals surface area contributed by atoms with Crippen molar-refractivity contribution in [3.8, 4) is 10.6 Å². The minimum Gasteiger partial charge on any atom is -0.328 e. The molecule has 3 aromatic rings. The Morgan fingerprint density at radius 2 is 2.00 bits per heavy atom. The van der Waals surface area contributed by atoms with Crippen molar-refractivity contribution < 1.29 is 22.8 Å². The molecule has 0 radical (unpaired) electrons. The van der Waals surface area contributed by atoms with Gasteiger partial charge in [-0.15, -0.1) is 11.3 Å². The van der Waals surface area contributed by atoms with Crippen molar-refractivity contribution in [3.05, 3.63) is 53.3 Å². The molecular formula is C19H18F3N5O2S. The second kappa shape index (κ2) is 8.66. The molecule has 30 heavy (non-hydrogen) atoms. The first kappa shape index (κ1) is 21.5. The number of thiazole rings is 1. The smallest absolute Gasteiger partial charge is 0.328 e. The van der Waals surface area contributed by atoms with E-state index in [1.165, 1.54) is 34.4 Å². The van der Waals surface area contributed by atoms with Crippen LogP contribution in [0.3, 0.4) is 0 Å². The number of anilines is 1. The predicted octanol–water partition coefficient (Wildman–Crippen LogP) is 3.66. The zero-order chi connectivity index (χ0) is 21.9. The molecule has 158 valence electrons. The van der Waals surface area contributed by atoms with Crippen molar-refractivity contribution in [2.75, 3.05) is 18.4 Å². The minimum atomic E-state index is -4.60. The van der Waals surface area contributed by atoms with Crippen LogP contribution < -0.4 is 5.32 Å². The van der Waals surface area contributed by atoms with Crippen molar-refractivity contribution in [1.29, 1.82) is 0 Å². The van der Waals surface area contributed by atoms with Crippen LogP contribution >= 0.6 is 11.3 Å². The molecule has 0 saturated carbocycles. The summed E-state index contributed by atoms with van der Waals surface area (Å²) in [7, 11) is 1.76. The molecule has 7 nitrogen and oxygen atoms in total. The van der Waals surface area contributed by atoms with Gasteiger partial charge in [0.15, 0.2) is 0 Å². The minimum absolute atomic E-state index is 0.157. The summed E-state index contributed by atoms with van der Waals surface area (Å²) in [6.07, 6.45) is -1.22. The average molecular weight is 437 g/mol. The van der Waals surface area contributed by atoms with Crippen molar-refractivity contribution in [2.24, 2.45) is 7.05 Å². The molecule has 0 fully saturated rings. The van der Waals surface area contributed by atoms with Gasteiger partial charge in [-0.2, -0.15) is 18.3 Å². The van der Waals surface area contributed by atoms with Gasteiger partial charge < -0.3 is 10.2 Å². The highest BCUT2D eigenvalue weighted by Crippen LogP contribution is 2.34. The molecule has 2 heterocycles. The Bertz CT molecular complexity index is 1060. The number of likely N-dealkylation sites (N-methyl/N-ethyl adjacent to an activating group) is 1. The maximum absolute atomic E-state index is 13.1. The molecule has 0 atom stereocenters. The summed E-state index contributed by atoms with van der Waals surface area (Å²) in [5.41, 5.74) is -0.394. The molecule has 11 heteroatoms. The van der Waals surface area contributed by atoms with Gasteiger partial charge >= 0.3 is 6.18 Å². The Labute approximate surface area is 174 Å². The van der Waals surface area contributed by atoms with Gasteiger partial charge in [0.05, 0.1) is 17.4 Å². The summed E-state index contributed by atoms with van der Waals surface area (Å²) in [6, 6.07) is 4.68. The number of hydrogen-bond acceptors (Lipinski definition) is 5. The lowest BCUT2D eigenvalue weighted by molar-refractivity contribution is -0.137. The molecule has 2 aromatic heterocycles. The molecular weight excluding hydrogens is 419 g/mol. The number of benzene rings is 1. The molecule has 0 unspecified atom stereocenters. The molecule has 1 N–H and O–H groups in total. The lowest BCUT2D eigenvalue weighted by Crippen LogP contribution is -2.38. The zero-order valence-corrected chi connectivity index (χ0v) is 16.9. The molecule has 0 aliphatic rings. The maximum atomic E-state index is 13.1. The van der Waals surface area contributed by atoms with Crippen molar-refractivity contribution in [3.63, 3.8) is 0 Å². The first-order chi connectivity index (χ1) is 14.2. The standard InChI is InChI=1S/C19H18F3N5O2S/c1-3-27(10-16(28)24-14-7-5-4-6-13(14)19(20,21)22)18(29)15-11-30-17(25-15)12-8-23-26(2)9-12/h4-9,11H,3,10H2,1-2H3,(H,24,28). The lowest BCUT2D eigenvalue weighted by Gasteiger charge is -2.20. The molecule has 1 aromatic carbocycles. The Morgan fingerprint density at radius 1 is 1.27 bits per heavy atom. The van der Waals surface area contributed by atoms with E-state index in [9.17, 15) is 22.8 Å². The van der Waals surface area contributed by atoms with Gasteiger partial charge in [-0.3, -0.25) is 14.3 Å². The van der Waals surface area contributed by atoms with Gasteiger partial charge in [-0.1, -0.05) is 12.1 Å². The number of aromatic nitrogens is 3. The van der Waals surface area contributed by atoms with E-state index in [4.69, 9.17) is 0 Å². The van der Waals surface area contributed by atoms with Crippen LogP contribution in [0.1, 0.15) is 23.0 Å². The largest absolute Gasteiger partial charge is 0.418 e. The highest BCUT2D eigenvalue weighted by Gasteiger charge is 2.33. The number of para-hydroxylation sites is 1. The van der Waals surface area contributed by atoms with Gasteiger partial charge in [-0.25, -0.2) is 4.98 Å². The number of halogens is 3. The Morgan fingerprint density at radius 3 is 2.63 bits per heavy atom. The highest BCUT2D eigenvalue weighted by atomic mass is 32.1. The highest BCUT2D eigenvalue weighted by molar-refractivity contribution is 7.13. The van der Waals surface area contributed by atoms with E-state index in [1.54, 1.807) is 36.4 Å². The van der Waals surface area contributed by atoms with Gasteiger partial charge in [0.25, 0.3) is 5.91 Å². The fraction of sp³-hybridized carbons (Fsp3) is 0.263. The van der Waals surface area contributed by atoms with E-state index in [-0.39, 0.29) is 17.9 Å². The van der Waals surface area contributed by atoms with Crippen LogP contribution in [0.15, 0.2) is 42.0 Å².